The summed E-state index contributed by atoms with van der Waals surface area (Å²) in [5, 5.41) is 0. The molecule has 0 amide bonds. The zero-order valence-corrected chi connectivity index (χ0v) is 44.4. The lowest BCUT2D eigenvalue weighted by Crippen LogP contribution is -2.52. The predicted molar refractivity (Wildman–Crippen MR) is 286 cm³/mol. The molecule has 3 saturated carbocycles. The summed E-state index contributed by atoms with van der Waals surface area (Å²) in [7, 11) is 0. The molecule has 366 valence electrons. The zero-order valence-electron chi connectivity index (χ0n) is 44.4. The Morgan fingerprint density at radius 1 is 0.697 bits per heavy atom. The largest absolute Gasteiger partial charge is 0.366 e. The van der Waals surface area contributed by atoms with Crippen LogP contribution in [0.5, 0.6) is 0 Å². The average molecular weight is 897 g/mol. The summed E-state index contributed by atoms with van der Waals surface area (Å²) in [6, 6.07) is 21.1. The van der Waals surface area contributed by atoms with Crippen molar-refractivity contribution in [2.24, 2.45) is 64.6 Å². The lowest BCUT2D eigenvalue weighted by Gasteiger charge is -2.58. The summed E-state index contributed by atoms with van der Waals surface area (Å²) >= 11 is 0. The molecule has 2 aromatic carbocycles. The van der Waals surface area contributed by atoms with Gasteiger partial charge in [-0.1, -0.05) is 199 Å². The van der Waals surface area contributed by atoms with E-state index in [1.807, 2.05) is 0 Å². The molecule has 0 N–H and O–H groups in total. The van der Waals surface area contributed by atoms with E-state index in [9.17, 15) is 0 Å². The summed E-state index contributed by atoms with van der Waals surface area (Å²) in [6.07, 6.45) is 37.1. The molecular weight excluding hydrogens is 795 g/mol. The van der Waals surface area contributed by atoms with Crippen molar-refractivity contribution in [2.45, 2.75) is 247 Å². The summed E-state index contributed by atoms with van der Waals surface area (Å²) in [4.78, 5) is 3.06. The molecule has 4 fully saturated rings. The topological polar surface area (TPSA) is 3.24 Å². The van der Waals surface area contributed by atoms with Crippen molar-refractivity contribution in [3.63, 3.8) is 0 Å². The molecule has 2 aromatic rings. The van der Waals surface area contributed by atoms with Gasteiger partial charge in [-0.25, -0.2) is 0 Å². The monoisotopic (exact) mass is 896 g/mol. The Bertz CT molecular complexity index is 1860. The predicted octanol–water partition coefficient (Wildman–Crippen LogP) is 18.7. The molecule has 13 atom stereocenters. The van der Waals surface area contributed by atoms with Gasteiger partial charge in [0.25, 0.3) is 0 Å². The van der Waals surface area contributed by atoms with E-state index < -0.39 is 0 Å². The Morgan fingerprint density at radius 2 is 1.35 bits per heavy atom. The van der Waals surface area contributed by atoms with Crippen LogP contribution in [0.4, 0.5) is 0 Å². The maximum Gasteiger partial charge on any atom is 0.0392 e. The van der Waals surface area contributed by atoms with E-state index >= 15 is 0 Å². The van der Waals surface area contributed by atoms with Gasteiger partial charge < -0.3 is 4.90 Å². The second kappa shape index (κ2) is 23.1. The third-order valence-corrected chi connectivity index (χ3v) is 21.1. The Balaban J connectivity index is 1.33. The van der Waals surface area contributed by atoms with Crippen LogP contribution in [0.1, 0.15) is 238 Å². The molecular formula is C65H101N. The molecule has 1 saturated heterocycles. The highest BCUT2D eigenvalue weighted by Crippen LogP contribution is 2.61. The quantitative estimate of drug-likeness (QED) is 0.161. The first-order chi connectivity index (χ1) is 32.1. The fraction of sp³-hybridized carbons (Fsp3) is 0.754. The molecule has 1 nitrogen and oxygen atoms in total. The maximum absolute atomic E-state index is 5.63. The van der Waals surface area contributed by atoms with Crippen LogP contribution in [0.15, 0.2) is 72.0 Å². The lowest BCUT2D eigenvalue weighted by atomic mass is 9.48. The van der Waals surface area contributed by atoms with Crippen molar-refractivity contribution in [2.75, 3.05) is 0 Å². The Morgan fingerprint density at radius 3 is 2.06 bits per heavy atom. The van der Waals surface area contributed by atoms with Gasteiger partial charge in [0.1, 0.15) is 0 Å². The molecule has 12 unspecified atom stereocenters. The molecule has 1 heteroatoms. The summed E-state index contributed by atoms with van der Waals surface area (Å²) in [5.74, 6) is 7.68. The van der Waals surface area contributed by atoms with Gasteiger partial charge in [0, 0.05) is 17.8 Å². The third kappa shape index (κ3) is 10.7. The minimum Gasteiger partial charge on any atom is -0.366 e. The molecule has 66 heavy (non-hydrogen) atoms. The first kappa shape index (κ1) is 50.1. The number of rotatable bonds is 15. The number of hydrogen-bond donors (Lipinski definition) is 0. The van der Waals surface area contributed by atoms with Crippen LogP contribution in [0.3, 0.4) is 0 Å². The van der Waals surface area contributed by atoms with Gasteiger partial charge >= 0.3 is 0 Å². The Hall–Kier alpha value is -2.28. The van der Waals surface area contributed by atoms with Crippen molar-refractivity contribution in [1.29, 1.82) is 0 Å². The summed E-state index contributed by atoms with van der Waals surface area (Å²) in [5.41, 5.74) is 12.4. The van der Waals surface area contributed by atoms with Crippen molar-refractivity contribution in [1.82, 2.24) is 4.90 Å². The van der Waals surface area contributed by atoms with Gasteiger partial charge in [-0.15, -0.1) is 0 Å². The van der Waals surface area contributed by atoms with Gasteiger partial charge in [0.05, 0.1) is 0 Å². The van der Waals surface area contributed by atoms with Crippen LogP contribution in [0, 0.1) is 64.6 Å². The molecule has 0 bridgehead atoms. The summed E-state index contributed by atoms with van der Waals surface area (Å²) < 4.78 is 0. The second-order valence-corrected chi connectivity index (χ2v) is 24.8. The number of fused-ring (bicyclic) bond motifs is 3. The van der Waals surface area contributed by atoms with Crippen molar-refractivity contribution in [3.05, 3.63) is 94.2 Å². The van der Waals surface area contributed by atoms with Crippen LogP contribution >= 0.6 is 0 Å². The number of benzene rings is 2. The zero-order chi connectivity index (χ0) is 46.4. The van der Waals surface area contributed by atoms with E-state index in [0.717, 1.165) is 29.6 Å². The van der Waals surface area contributed by atoms with Gasteiger partial charge in [0.2, 0.25) is 0 Å². The fourth-order valence-electron chi connectivity index (χ4n) is 17.4. The molecule has 1 heterocycles. The first-order valence-corrected chi connectivity index (χ1v) is 29.4. The van der Waals surface area contributed by atoms with Gasteiger partial charge in [-0.3, -0.25) is 0 Å². The number of hydrogen-bond acceptors (Lipinski definition) is 1. The number of nitrogens with zero attached hydrogens (tertiary/aromatic N) is 1. The number of unbranched alkanes of at least 4 members (excludes halogenated alkanes) is 2. The van der Waals surface area contributed by atoms with Crippen LogP contribution in [-0.4, -0.2) is 17.0 Å². The second-order valence-electron chi connectivity index (χ2n) is 24.8. The third-order valence-electron chi connectivity index (χ3n) is 21.1. The van der Waals surface area contributed by atoms with Crippen LogP contribution < -0.4 is 0 Å². The van der Waals surface area contributed by atoms with Crippen LogP contribution in [0.2, 0.25) is 0 Å². The molecule has 6 aliphatic rings. The minimum atomic E-state index is 0.529. The normalized spacial score (nSPS) is 34.1. The van der Waals surface area contributed by atoms with E-state index in [1.54, 1.807) is 39.1 Å². The van der Waals surface area contributed by atoms with E-state index in [2.05, 4.69) is 109 Å². The molecule has 1 aliphatic heterocycles. The van der Waals surface area contributed by atoms with E-state index in [1.165, 1.54) is 173 Å². The van der Waals surface area contributed by atoms with Gasteiger partial charge in [-0.05, 0) is 189 Å². The SMILES string of the molecule is C=C1C(N2C(C)CCCCCC[C@@H]2C)=C(C)C(Cc2ccccc2CC2CCCC(CC)(CC)C2)C(C2Cc3ccccc3C3CCCCC32)C1C(C(C)CCCCC)C1CCCCC1C. The molecule has 8 rings (SSSR count). The number of allylic oxidation sites excluding steroid dienone is 2. The maximum atomic E-state index is 5.63. The van der Waals surface area contributed by atoms with Crippen LogP contribution in [-0.2, 0) is 19.3 Å². The molecule has 0 aromatic heterocycles. The standard InChI is InChI=1S/C65H101N/c1-10-13-16-29-46(5)61(55-36-23-19-28-45(55)4)62-50(9)64(66-47(6)30-17-14-15-18-31-48(66)7)49(8)59(63(62)60-43-54-35-22-24-37-56(54)57-38-25-26-39-58(57)60)42-53-34-21-20-33-52(53)41-51-32-27-40-65(11-2,12-3)44-51/h20-22,24,33-35,37,45-48,51,55,57-63H,9-19,23,25-32,36,38-44H2,1-8H3/t45?,46?,47-,48?,51?,55?,57?,58?,59?,60?,61?,62?,63?/m0/s1. The highest BCUT2D eigenvalue weighted by molar-refractivity contribution is 5.44. The van der Waals surface area contributed by atoms with Crippen molar-refractivity contribution in [3.8, 4) is 0 Å². The van der Waals surface area contributed by atoms with E-state index in [0.29, 0.717) is 53.0 Å². The van der Waals surface area contributed by atoms with E-state index in [4.69, 9.17) is 6.58 Å². The van der Waals surface area contributed by atoms with E-state index in [-0.39, 0.29) is 0 Å². The van der Waals surface area contributed by atoms with Gasteiger partial charge in [0.15, 0.2) is 0 Å². The molecule has 5 aliphatic carbocycles. The Labute approximate surface area is 408 Å². The minimum absolute atomic E-state index is 0.529. The molecule has 0 spiro atoms. The fourth-order valence-corrected chi connectivity index (χ4v) is 17.4. The van der Waals surface area contributed by atoms with Crippen molar-refractivity contribution < 1.29 is 0 Å². The van der Waals surface area contributed by atoms with Crippen molar-refractivity contribution >= 4 is 0 Å². The highest BCUT2D eigenvalue weighted by Gasteiger charge is 2.54. The lowest BCUT2D eigenvalue weighted by molar-refractivity contribution is -0.00346. The molecule has 0 radical (unpaired) electrons. The average Bonchev–Trinajstić information content (AvgIpc) is 3.41. The summed E-state index contributed by atoms with van der Waals surface area (Å²) in [6.45, 7) is 26.4. The Kier molecular flexibility index (Phi) is 17.5. The van der Waals surface area contributed by atoms with Gasteiger partial charge in [-0.2, -0.15) is 0 Å². The smallest absolute Gasteiger partial charge is 0.0392 e. The highest BCUT2D eigenvalue weighted by atomic mass is 15.2. The van der Waals surface area contributed by atoms with Crippen LogP contribution in [0.25, 0.3) is 0 Å². The first-order valence-electron chi connectivity index (χ1n) is 29.4.